The van der Waals surface area contributed by atoms with E-state index in [2.05, 4.69) is 20.8 Å². The Bertz CT molecular complexity index is 72.0. The van der Waals surface area contributed by atoms with E-state index in [1.165, 1.54) is 29.0 Å². The van der Waals surface area contributed by atoms with Crippen molar-refractivity contribution < 1.29 is 20.6 Å². The molecule has 0 unspecified atom stereocenters. The van der Waals surface area contributed by atoms with E-state index in [9.17, 15) is 0 Å². The van der Waals surface area contributed by atoms with Gasteiger partial charge in [-0.1, -0.05) is 0 Å². The first-order chi connectivity index (χ1) is 5.35. The fourth-order valence-corrected chi connectivity index (χ4v) is 2.86. The Morgan fingerprint density at radius 3 is 2.09 bits per heavy atom. The molecule has 1 nitrogen and oxygen atoms in total. The van der Waals surface area contributed by atoms with Crippen LogP contribution in [0.15, 0.2) is 0 Å². The molecule has 0 amide bonds. The van der Waals surface area contributed by atoms with E-state index in [1.807, 2.05) is 0 Å². The van der Waals surface area contributed by atoms with Gasteiger partial charge in [-0.25, -0.2) is 0 Å². The van der Waals surface area contributed by atoms with Crippen LogP contribution in [0.2, 0.25) is 9.79 Å². The van der Waals surface area contributed by atoms with Crippen LogP contribution in [0, 0.1) is 0 Å². The van der Waals surface area contributed by atoms with E-state index in [4.69, 9.17) is 3.46 Å². The van der Waals surface area contributed by atoms with Crippen LogP contribution in [-0.4, -0.2) is 6.61 Å². The van der Waals surface area contributed by atoms with Gasteiger partial charge in [-0.15, -0.1) is 0 Å². The summed E-state index contributed by atoms with van der Waals surface area (Å²) >= 11 is -0.536. The fourth-order valence-electron chi connectivity index (χ4n) is 0.776. The maximum absolute atomic E-state index is 5.76. The summed E-state index contributed by atoms with van der Waals surface area (Å²) < 4.78 is 5.76. The van der Waals surface area contributed by atoms with Crippen LogP contribution in [-0.2, 0) is 20.6 Å². The van der Waals surface area contributed by atoms with Gasteiger partial charge in [0.05, 0.1) is 0 Å². The first-order valence-electron chi connectivity index (χ1n) is 4.49. The molecule has 73 valence electrons. The molecule has 0 bridgehead atoms. The van der Waals surface area contributed by atoms with E-state index >= 15 is 0 Å². The van der Waals surface area contributed by atoms with Gasteiger partial charge in [0.1, 0.15) is 0 Å². The number of unbranched alkanes of at least 4 members (excludes halogenated alkanes) is 2. The molecule has 0 fully saturated rings. The number of hydrogen-bond acceptors (Lipinski definition) is 1. The quantitative estimate of drug-likeness (QED) is 0.496. The van der Waals surface area contributed by atoms with Gasteiger partial charge in [0.2, 0.25) is 0 Å². The molecule has 0 aliphatic carbocycles. The molecule has 0 spiro atoms. The predicted molar refractivity (Wildman–Crippen MR) is 46.4 cm³/mol. The van der Waals surface area contributed by atoms with Crippen molar-refractivity contribution in [2.75, 3.05) is 6.61 Å². The van der Waals surface area contributed by atoms with Gasteiger partial charge in [0, 0.05) is 0 Å². The molecule has 2 heteroatoms. The normalized spacial score (nSPS) is 11.7. The maximum atomic E-state index is 5.76. The van der Waals surface area contributed by atoms with Crippen molar-refractivity contribution in [3.05, 3.63) is 0 Å². The van der Waals surface area contributed by atoms with E-state index in [0.717, 1.165) is 6.61 Å². The minimum absolute atomic E-state index is 0.536. The molecule has 11 heavy (non-hydrogen) atoms. The summed E-state index contributed by atoms with van der Waals surface area (Å²) in [7, 11) is 0. The molecular weight excluding hydrogens is 231 g/mol. The third kappa shape index (κ3) is 7.00. The average molecular weight is 252 g/mol. The van der Waals surface area contributed by atoms with Gasteiger partial charge in [-0.05, 0) is 0 Å². The first-order valence-corrected chi connectivity index (χ1v) is 7.32. The molecule has 0 aromatic heterocycles. The van der Waals surface area contributed by atoms with Crippen molar-refractivity contribution in [1.82, 2.24) is 0 Å². The van der Waals surface area contributed by atoms with Crippen molar-refractivity contribution in [1.29, 1.82) is 0 Å². The van der Waals surface area contributed by atoms with Crippen molar-refractivity contribution in [2.45, 2.75) is 49.8 Å². The van der Waals surface area contributed by atoms with Crippen molar-refractivity contribution in [3.8, 4) is 0 Å². The van der Waals surface area contributed by atoms with Gasteiger partial charge in [0.15, 0.2) is 0 Å². The Kier molecular flexibility index (Phi) is 9.21. The second kappa shape index (κ2) is 8.72. The molecule has 0 radical (unpaired) electrons. The van der Waals surface area contributed by atoms with Gasteiger partial charge in [-0.2, -0.15) is 0 Å². The van der Waals surface area contributed by atoms with Crippen LogP contribution in [0.25, 0.3) is 0 Å². The molecule has 0 heterocycles. The summed E-state index contributed by atoms with van der Waals surface area (Å²) in [5, 5.41) is 0. The molecule has 0 rings (SSSR count). The summed E-state index contributed by atoms with van der Waals surface area (Å²) in [5.74, 6) is 0. The molecule has 0 saturated carbocycles. The van der Waals surface area contributed by atoms with E-state index < -0.39 is 17.1 Å². The molecule has 0 aliphatic rings. The molecule has 0 atom stereocenters. The average Bonchev–Trinajstić information content (AvgIpc) is 2.05. The summed E-state index contributed by atoms with van der Waals surface area (Å²) in [6.07, 6.45) is 3.88. The zero-order valence-electron chi connectivity index (χ0n) is 7.97. The Hall–Kier alpha value is 0.622. The number of rotatable bonds is 7. The third-order valence-corrected chi connectivity index (χ3v) is 4.84. The van der Waals surface area contributed by atoms with E-state index in [0.29, 0.717) is 0 Å². The molecule has 0 aliphatic heterocycles. The molecule has 0 saturated heterocycles. The van der Waals surface area contributed by atoms with Crippen molar-refractivity contribution in [2.24, 2.45) is 0 Å². The standard InChI is InChI=1S/C5H11O.2C2H5.Pd/c1-2-3-4-5-6;2*1-2;/h2-5H2,1H3;2*1H2,2H3;/q-1;;;+1. The van der Waals surface area contributed by atoms with E-state index in [-0.39, 0.29) is 0 Å². The molecular formula is C9H21OPd. The zero-order valence-corrected chi connectivity index (χ0v) is 9.52. The summed E-state index contributed by atoms with van der Waals surface area (Å²) in [6.45, 7) is 7.72. The topological polar surface area (TPSA) is 9.23 Å². The van der Waals surface area contributed by atoms with Gasteiger partial charge >= 0.3 is 77.0 Å². The van der Waals surface area contributed by atoms with Crippen molar-refractivity contribution >= 4 is 0 Å². The third-order valence-electron chi connectivity index (χ3n) is 1.44. The van der Waals surface area contributed by atoms with Crippen LogP contribution in [0.5, 0.6) is 0 Å². The molecule has 0 aromatic carbocycles. The summed E-state index contributed by atoms with van der Waals surface area (Å²) in [5.41, 5.74) is 0. The minimum atomic E-state index is -0.536. The Labute approximate surface area is 77.2 Å². The first kappa shape index (κ1) is 11.6. The van der Waals surface area contributed by atoms with Gasteiger partial charge in [0.25, 0.3) is 0 Å². The summed E-state index contributed by atoms with van der Waals surface area (Å²) in [4.78, 5) is 2.54. The van der Waals surface area contributed by atoms with Crippen molar-refractivity contribution in [3.63, 3.8) is 0 Å². The second-order valence-corrected chi connectivity index (χ2v) is 6.61. The Balaban J connectivity index is 3.07. The zero-order chi connectivity index (χ0) is 8.53. The molecule has 0 aromatic rings. The predicted octanol–water partition coefficient (Wildman–Crippen LogP) is 3.60. The Morgan fingerprint density at radius 2 is 1.64 bits per heavy atom. The van der Waals surface area contributed by atoms with Crippen LogP contribution in [0.1, 0.15) is 40.0 Å². The fraction of sp³-hybridized carbons (Fsp3) is 1.00. The SMILES string of the molecule is CCCCC[O][Pd]([CH2]C)[CH2]C. The van der Waals surface area contributed by atoms with E-state index in [1.54, 1.807) is 0 Å². The second-order valence-electron chi connectivity index (χ2n) is 2.29. The Morgan fingerprint density at radius 1 is 1.00 bits per heavy atom. The van der Waals surface area contributed by atoms with Crippen LogP contribution >= 0.6 is 0 Å². The van der Waals surface area contributed by atoms with Crippen LogP contribution in [0.4, 0.5) is 0 Å². The van der Waals surface area contributed by atoms with Crippen LogP contribution in [0.3, 0.4) is 0 Å². The van der Waals surface area contributed by atoms with Crippen LogP contribution < -0.4 is 0 Å². The molecule has 0 N–H and O–H groups in total. The number of hydrogen-bond donors (Lipinski definition) is 0. The van der Waals surface area contributed by atoms with Gasteiger partial charge < -0.3 is 0 Å². The summed E-state index contributed by atoms with van der Waals surface area (Å²) in [6, 6.07) is 0. The monoisotopic (exact) mass is 251 g/mol. The van der Waals surface area contributed by atoms with Gasteiger partial charge in [-0.3, -0.25) is 0 Å².